The first kappa shape index (κ1) is 16.1. The molecule has 0 aromatic heterocycles. The van der Waals surface area contributed by atoms with Crippen molar-refractivity contribution in [2.24, 2.45) is 0 Å². The Morgan fingerprint density at radius 1 is 1.00 bits per heavy atom. The summed E-state index contributed by atoms with van der Waals surface area (Å²) in [6.45, 7) is 0. The van der Waals surface area contributed by atoms with Crippen LogP contribution in [-0.2, 0) is 16.2 Å². The maximum atomic E-state index is 12.8. The Hall–Kier alpha value is -2.29. The highest BCUT2D eigenvalue weighted by Gasteiger charge is 2.31. The van der Waals surface area contributed by atoms with Gasteiger partial charge in [-0.05, 0) is 42.5 Å². The molecule has 0 bridgehead atoms. The molecule has 4 nitrogen and oxygen atoms in total. The van der Waals surface area contributed by atoms with Crippen LogP contribution in [-0.4, -0.2) is 8.42 Å². The molecule has 0 heterocycles. The van der Waals surface area contributed by atoms with Crippen LogP contribution >= 0.6 is 0 Å². The lowest BCUT2D eigenvalue weighted by atomic mass is 10.2. The zero-order valence-electron chi connectivity index (χ0n) is 10.9. The van der Waals surface area contributed by atoms with Gasteiger partial charge in [-0.3, -0.25) is 4.72 Å². The molecule has 0 aliphatic rings. The quantitative estimate of drug-likeness (QED) is 0.669. The largest absolute Gasteiger partial charge is 0.416 e. The van der Waals surface area contributed by atoms with Gasteiger partial charge in [0.15, 0.2) is 0 Å². The van der Waals surface area contributed by atoms with Crippen molar-refractivity contribution in [1.29, 1.82) is 0 Å². The van der Waals surface area contributed by atoms with E-state index < -0.39 is 27.6 Å². The molecule has 0 radical (unpaired) electrons. The van der Waals surface area contributed by atoms with Crippen molar-refractivity contribution in [2.45, 2.75) is 11.1 Å². The summed E-state index contributed by atoms with van der Waals surface area (Å²) in [7, 11) is -4.08. The Kier molecular flexibility index (Phi) is 4.01. The van der Waals surface area contributed by atoms with E-state index >= 15 is 0 Å². The standard InChI is InChI=1S/C13H10F4N2O2S/c14-9-2-4-10(5-3-9)22(20,21)19-12-6-1-8(7-11(12)18)13(15,16)17/h1-7,19H,18H2. The zero-order valence-corrected chi connectivity index (χ0v) is 11.7. The van der Waals surface area contributed by atoms with Crippen molar-refractivity contribution in [2.75, 3.05) is 10.5 Å². The lowest BCUT2D eigenvalue weighted by Crippen LogP contribution is -2.15. The molecule has 118 valence electrons. The molecule has 0 saturated heterocycles. The smallest absolute Gasteiger partial charge is 0.397 e. The average molecular weight is 334 g/mol. The molecular weight excluding hydrogens is 324 g/mol. The second kappa shape index (κ2) is 5.48. The van der Waals surface area contributed by atoms with Crippen LogP contribution in [0, 0.1) is 5.82 Å². The minimum absolute atomic E-state index is 0.197. The fourth-order valence-corrected chi connectivity index (χ4v) is 2.74. The Morgan fingerprint density at radius 2 is 1.59 bits per heavy atom. The van der Waals surface area contributed by atoms with Gasteiger partial charge in [-0.2, -0.15) is 13.2 Å². The van der Waals surface area contributed by atoms with Gasteiger partial charge < -0.3 is 5.73 Å². The van der Waals surface area contributed by atoms with E-state index in [4.69, 9.17) is 5.73 Å². The normalized spacial score (nSPS) is 12.2. The van der Waals surface area contributed by atoms with Crippen molar-refractivity contribution in [3.63, 3.8) is 0 Å². The summed E-state index contributed by atoms with van der Waals surface area (Å²) in [5, 5.41) is 0. The Morgan fingerprint density at radius 3 is 2.09 bits per heavy atom. The number of anilines is 2. The number of nitrogens with two attached hydrogens (primary N) is 1. The number of nitrogens with one attached hydrogen (secondary N) is 1. The first-order valence-electron chi connectivity index (χ1n) is 5.85. The van der Waals surface area contributed by atoms with Crippen LogP contribution in [0.5, 0.6) is 0 Å². The summed E-state index contributed by atoms with van der Waals surface area (Å²) in [5.41, 5.74) is 3.88. The van der Waals surface area contributed by atoms with Gasteiger partial charge in [-0.1, -0.05) is 0 Å². The Labute approximate surface area is 123 Å². The third-order valence-electron chi connectivity index (χ3n) is 2.75. The molecule has 0 fully saturated rings. The van der Waals surface area contributed by atoms with Crippen LogP contribution in [0.15, 0.2) is 47.4 Å². The van der Waals surface area contributed by atoms with Gasteiger partial charge in [0.1, 0.15) is 5.82 Å². The van der Waals surface area contributed by atoms with Crippen LogP contribution in [0.4, 0.5) is 28.9 Å². The summed E-state index contributed by atoms with van der Waals surface area (Å²) in [4.78, 5) is -0.242. The second-order valence-corrected chi connectivity index (χ2v) is 6.04. The van der Waals surface area contributed by atoms with Gasteiger partial charge in [-0.25, -0.2) is 12.8 Å². The molecule has 0 aliphatic heterocycles. The van der Waals surface area contributed by atoms with Crippen LogP contribution in [0.1, 0.15) is 5.56 Å². The molecule has 0 amide bonds. The maximum Gasteiger partial charge on any atom is 0.416 e. The highest BCUT2D eigenvalue weighted by Crippen LogP contribution is 2.33. The fraction of sp³-hybridized carbons (Fsp3) is 0.0769. The molecule has 0 aliphatic carbocycles. The van der Waals surface area contributed by atoms with Gasteiger partial charge in [0.2, 0.25) is 0 Å². The third-order valence-corrected chi connectivity index (χ3v) is 4.13. The number of benzene rings is 2. The van der Waals surface area contributed by atoms with E-state index in [0.29, 0.717) is 12.1 Å². The van der Waals surface area contributed by atoms with Gasteiger partial charge in [0, 0.05) is 0 Å². The first-order valence-corrected chi connectivity index (χ1v) is 7.33. The topological polar surface area (TPSA) is 72.2 Å². The molecule has 3 N–H and O–H groups in total. The predicted molar refractivity (Wildman–Crippen MR) is 73.1 cm³/mol. The van der Waals surface area contributed by atoms with E-state index in [1.807, 2.05) is 0 Å². The number of hydrogen-bond acceptors (Lipinski definition) is 3. The summed E-state index contributed by atoms with van der Waals surface area (Å²) < 4.78 is 76.4. The van der Waals surface area contributed by atoms with Gasteiger partial charge in [0.25, 0.3) is 10.0 Å². The summed E-state index contributed by atoms with van der Waals surface area (Å²) in [5.74, 6) is -0.618. The molecule has 9 heteroatoms. The minimum atomic E-state index is -4.58. The number of rotatable bonds is 3. The van der Waals surface area contributed by atoms with Crippen LogP contribution in [0.25, 0.3) is 0 Å². The maximum absolute atomic E-state index is 12.8. The molecule has 2 rings (SSSR count). The van der Waals surface area contributed by atoms with E-state index in [0.717, 1.165) is 30.3 Å². The summed E-state index contributed by atoms with van der Waals surface area (Å²) in [6, 6.07) is 6.20. The van der Waals surface area contributed by atoms with Crippen molar-refractivity contribution in [1.82, 2.24) is 0 Å². The predicted octanol–water partition coefficient (Wildman–Crippen LogP) is 3.23. The molecule has 0 spiro atoms. The molecule has 2 aromatic carbocycles. The Balaban J connectivity index is 2.32. The number of nitrogen functional groups attached to an aromatic ring is 1. The molecule has 2 aromatic rings. The molecule has 22 heavy (non-hydrogen) atoms. The Bertz CT molecular complexity index is 787. The number of halogens is 4. The van der Waals surface area contributed by atoms with Crippen molar-refractivity contribution >= 4 is 21.4 Å². The lowest BCUT2D eigenvalue weighted by molar-refractivity contribution is -0.137. The van der Waals surface area contributed by atoms with Crippen molar-refractivity contribution in [3.05, 3.63) is 53.8 Å². The highest BCUT2D eigenvalue weighted by atomic mass is 32.2. The molecule has 0 saturated carbocycles. The number of hydrogen-bond donors (Lipinski definition) is 2. The van der Waals surface area contributed by atoms with Crippen LogP contribution in [0.2, 0.25) is 0 Å². The van der Waals surface area contributed by atoms with Gasteiger partial charge in [0.05, 0.1) is 21.8 Å². The highest BCUT2D eigenvalue weighted by molar-refractivity contribution is 7.92. The summed E-state index contributed by atoms with van der Waals surface area (Å²) in [6.07, 6.45) is -4.58. The SMILES string of the molecule is Nc1cc(C(F)(F)F)ccc1NS(=O)(=O)c1ccc(F)cc1. The van der Waals surface area contributed by atoms with E-state index in [9.17, 15) is 26.0 Å². The van der Waals surface area contributed by atoms with Gasteiger partial charge in [-0.15, -0.1) is 0 Å². The second-order valence-electron chi connectivity index (χ2n) is 4.36. The minimum Gasteiger partial charge on any atom is -0.397 e. The summed E-state index contributed by atoms with van der Waals surface area (Å²) >= 11 is 0. The van der Waals surface area contributed by atoms with Crippen molar-refractivity contribution < 1.29 is 26.0 Å². The van der Waals surface area contributed by atoms with E-state index in [1.54, 1.807) is 0 Å². The zero-order chi connectivity index (χ0) is 16.5. The first-order chi connectivity index (χ1) is 10.1. The fourth-order valence-electron chi connectivity index (χ4n) is 1.65. The third kappa shape index (κ3) is 3.48. The van der Waals surface area contributed by atoms with E-state index in [2.05, 4.69) is 4.72 Å². The molecule has 0 atom stereocenters. The van der Waals surface area contributed by atoms with Crippen LogP contribution in [0.3, 0.4) is 0 Å². The lowest BCUT2D eigenvalue weighted by Gasteiger charge is -2.13. The molecular formula is C13H10F4N2O2S. The number of alkyl halides is 3. The van der Waals surface area contributed by atoms with Crippen molar-refractivity contribution in [3.8, 4) is 0 Å². The van der Waals surface area contributed by atoms with E-state index in [1.165, 1.54) is 0 Å². The molecule has 0 unspecified atom stereocenters. The van der Waals surface area contributed by atoms with Gasteiger partial charge >= 0.3 is 6.18 Å². The van der Waals surface area contributed by atoms with E-state index in [-0.39, 0.29) is 16.3 Å². The number of sulfonamides is 1. The average Bonchev–Trinajstić information content (AvgIpc) is 2.40. The monoisotopic (exact) mass is 334 g/mol. The van der Waals surface area contributed by atoms with Crippen LogP contribution < -0.4 is 10.5 Å².